The molecule has 3 rings (SSSR count). The van der Waals surface area contributed by atoms with E-state index in [2.05, 4.69) is 21.2 Å². The Balaban J connectivity index is 1.83. The third kappa shape index (κ3) is 2.46. The van der Waals surface area contributed by atoms with E-state index in [9.17, 15) is 13.6 Å². The number of piperidine rings is 1. The van der Waals surface area contributed by atoms with Crippen LogP contribution >= 0.6 is 15.9 Å². The molecule has 2 aliphatic rings. The van der Waals surface area contributed by atoms with Crippen molar-refractivity contribution in [2.75, 3.05) is 19.6 Å². The Morgan fingerprint density at radius 2 is 2.00 bits per heavy atom. The highest BCUT2D eigenvalue weighted by molar-refractivity contribution is 9.10. The summed E-state index contributed by atoms with van der Waals surface area (Å²) in [4.78, 5) is 13.9. The molecule has 1 aromatic rings. The number of carbonyl (C=O) groups is 1. The summed E-state index contributed by atoms with van der Waals surface area (Å²) >= 11 is 3.01. The van der Waals surface area contributed by atoms with Gasteiger partial charge in [0.25, 0.3) is 5.91 Å². The number of likely N-dealkylation sites (tertiary alicyclic amines) is 1. The smallest absolute Gasteiger partial charge is 0.259 e. The number of hydrogen-bond donors (Lipinski definition) is 1. The molecule has 1 aromatic carbocycles. The predicted molar refractivity (Wildman–Crippen MR) is 74.5 cm³/mol. The fourth-order valence-electron chi connectivity index (χ4n) is 3.12. The first-order chi connectivity index (χ1) is 9.56. The second kappa shape index (κ2) is 5.41. The van der Waals surface area contributed by atoms with Crippen molar-refractivity contribution in [3.05, 3.63) is 33.8 Å². The molecule has 6 heteroatoms. The fourth-order valence-corrected chi connectivity index (χ4v) is 3.52. The van der Waals surface area contributed by atoms with Gasteiger partial charge < -0.3 is 10.2 Å². The molecule has 2 heterocycles. The van der Waals surface area contributed by atoms with Crippen LogP contribution in [0.1, 0.15) is 23.2 Å². The number of amides is 1. The predicted octanol–water partition coefficient (Wildman–Crippen LogP) is 2.55. The maximum atomic E-state index is 13.9. The second-order valence-electron chi connectivity index (χ2n) is 5.42. The monoisotopic (exact) mass is 344 g/mol. The molecule has 1 amide bonds. The Labute approximate surface area is 124 Å². The summed E-state index contributed by atoms with van der Waals surface area (Å²) in [5, 5.41) is 3.37. The average Bonchev–Trinajstić information content (AvgIpc) is 2.81. The number of fused-ring (bicyclic) bond motifs is 1. The highest BCUT2D eigenvalue weighted by Crippen LogP contribution is 2.28. The van der Waals surface area contributed by atoms with E-state index in [1.165, 1.54) is 0 Å². The van der Waals surface area contributed by atoms with Crippen LogP contribution in [0.15, 0.2) is 16.6 Å². The molecular weight excluding hydrogens is 330 g/mol. The van der Waals surface area contributed by atoms with Gasteiger partial charge >= 0.3 is 0 Å². The molecule has 2 atom stereocenters. The molecule has 0 radical (unpaired) electrons. The third-order valence-electron chi connectivity index (χ3n) is 4.11. The van der Waals surface area contributed by atoms with E-state index in [1.807, 2.05) is 0 Å². The summed E-state index contributed by atoms with van der Waals surface area (Å²) in [7, 11) is 0. The lowest BCUT2D eigenvalue weighted by Gasteiger charge is -2.24. The summed E-state index contributed by atoms with van der Waals surface area (Å²) in [5.74, 6) is -1.78. The van der Waals surface area contributed by atoms with Crippen molar-refractivity contribution >= 4 is 21.8 Å². The molecule has 0 bridgehead atoms. The second-order valence-corrected chi connectivity index (χ2v) is 6.33. The van der Waals surface area contributed by atoms with E-state index in [0.717, 1.165) is 31.5 Å². The van der Waals surface area contributed by atoms with E-state index in [1.54, 1.807) is 4.90 Å². The molecule has 0 spiro atoms. The summed E-state index contributed by atoms with van der Waals surface area (Å²) in [6.45, 7) is 2.05. The number of nitrogens with one attached hydrogen (secondary N) is 1. The van der Waals surface area contributed by atoms with Gasteiger partial charge in [-0.2, -0.15) is 0 Å². The highest BCUT2D eigenvalue weighted by atomic mass is 79.9. The van der Waals surface area contributed by atoms with Gasteiger partial charge in [0, 0.05) is 23.6 Å². The standard InChI is InChI=1S/C14H15BrF2N2O/c15-9-4-10(16)13(11(17)5-9)14(20)19-6-8-2-1-3-18-12(8)7-19/h4-5,8,12,18H,1-3,6-7H2/t8-,12+/m0/s1. The first kappa shape index (κ1) is 13.9. The molecule has 20 heavy (non-hydrogen) atoms. The average molecular weight is 345 g/mol. The van der Waals surface area contributed by atoms with Crippen LogP contribution in [-0.4, -0.2) is 36.5 Å². The first-order valence-electron chi connectivity index (χ1n) is 6.73. The van der Waals surface area contributed by atoms with Crippen LogP contribution in [0.3, 0.4) is 0 Å². The minimum absolute atomic E-state index is 0.259. The van der Waals surface area contributed by atoms with Crippen LogP contribution in [0.2, 0.25) is 0 Å². The van der Waals surface area contributed by atoms with Crippen molar-refractivity contribution < 1.29 is 13.6 Å². The zero-order chi connectivity index (χ0) is 14.3. The number of hydrogen-bond acceptors (Lipinski definition) is 2. The van der Waals surface area contributed by atoms with E-state index < -0.39 is 23.1 Å². The minimum atomic E-state index is -0.815. The Morgan fingerprint density at radius 3 is 2.65 bits per heavy atom. The Hall–Kier alpha value is -1.01. The Bertz CT molecular complexity index is 515. The lowest BCUT2D eigenvalue weighted by molar-refractivity contribution is 0.0776. The van der Waals surface area contributed by atoms with Crippen molar-refractivity contribution in [1.82, 2.24) is 10.2 Å². The highest BCUT2D eigenvalue weighted by Gasteiger charge is 2.38. The molecule has 0 saturated carbocycles. The molecule has 0 aliphatic carbocycles. The van der Waals surface area contributed by atoms with Gasteiger partial charge in [0.1, 0.15) is 17.2 Å². The number of carbonyl (C=O) groups excluding carboxylic acids is 1. The Morgan fingerprint density at radius 1 is 1.30 bits per heavy atom. The molecule has 0 unspecified atom stereocenters. The van der Waals surface area contributed by atoms with Crippen LogP contribution in [0.5, 0.6) is 0 Å². The van der Waals surface area contributed by atoms with Crippen molar-refractivity contribution in [2.45, 2.75) is 18.9 Å². The van der Waals surface area contributed by atoms with Crippen molar-refractivity contribution in [3.8, 4) is 0 Å². The summed E-state index contributed by atoms with van der Waals surface area (Å²) in [5.41, 5.74) is -0.452. The van der Waals surface area contributed by atoms with Crippen LogP contribution < -0.4 is 5.32 Å². The quantitative estimate of drug-likeness (QED) is 0.849. The number of halogens is 3. The van der Waals surface area contributed by atoms with Gasteiger partial charge in [-0.3, -0.25) is 4.79 Å². The van der Waals surface area contributed by atoms with Crippen LogP contribution in [-0.2, 0) is 0 Å². The SMILES string of the molecule is O=C(c1c(F)cc(Br)cc1F)N1C[C@@H]2CCCN[C@@H]2C1. The minimum Gasteiger partial charge on any atom is -0.337 e. The summed E-state index contributed by atoms with van der Waals surface area (Å²) in [6, 6.07) is 2.50. The number of nitrogens with zero attached hydrogens (tertiary/aromatic N) is 1. The maximum Gasteiger partial charge on any atom is 0.259 e. The normalized spacial score (nSPS) is 25.6. The molecule has 2 aliphatic heterocycles. The van der Waals surface area contributed by atoms with Crippen molar-refractivity contribution in [2.24, 2.45) is 5.92 Å². The largest absolute Gasteiger partial charge is 0.337 e. The van der Waals surface area contributed by atoms with Crippen molar-refractivity contribution in [3.63, 3.8) is 0 Å². The fraction of sp³-hybridized carbons (Fsp3) is 0.500. The lowest BCUT2D eigenvalue weighted by atomic mass is 9.94. The molecular formula is C14H15BrF2N2O. The molecule has 2 fully saturated rings. The Kier molecular flexibility index (Phi) is 3.77. The van der Waals surface area contributed by atoms with Crippen LogP contribution in [0.4, 0.5) is 8.78 Å². The van der Waals surface area contributed by atoms with Crippen LogP contribution in [0.25, 0.3) is 0 Å². The topological polar surface area (TPSA) is 32.3 Å². The molecule has 2 saturated heterocycles. The van der Waals surface area contributed by atoms with Crippen molar-refractivity contribution in [1.29, 1.82) is 0 Å². The van der Waals surface area contributed by atoms with Gasteiger partial charge in [0.05, 0.1) is 0 Å². The number of benzene rings is 1. The zero-order valence-electron chi connectivity index (χ0n) is 10.8. The maximum absolute atomic E-state index is 13.9. The van der Waals surface area contributed by atoms with Gasteiger partial charge in [-0.1, -0.05) is 15.9 Å². The van der Waals surface area contributed by atoms with Gasteiger partial charge in [-0.05, 0) is 37.4 Å². The van der Waals surface area contributed by atoms with Gasteiger partial charge in [0.15, 0.2) is 0 Å². The van der Waals surface area contributed by atoms with Gasteiger partial charge in [-0.25, -0.2) is 8.78 Å². The van der Waals surface area contributed by atoms with Gasteiger partial charge in [0.2, 0.25) is 0 Å². The molecule has 0 aromatic heterocycles. The van der Waals surface area contributed by atoms with Gasteiger partial charge in [-0.15, -0.1) is 0 Å². The summed E-state index contributed by atoms with van der Waals surface area (Å²) < 4.78 is 28.0. The van der Waals surface area contributed by atoms with E-state index in [-0.39, 0.29) is 6.04 Å². The molecule has 1 N–H and O–H groups in total. The summed E-state index contributed by atoms with van der Waals surface area (Å²) in [6.07, 6.45) is 2.15. The third-order valence-corrected chi connectivity index (χ3v) is 4.57. The first-order valence-corrected chi connectivity index (χ1v) is 7.53. The lowest BCUT2D eigenvalue weighted by Crippen LogP contribution is -2.41. The molecule has 3 nitrogen and oxygen atoms in total. The van der Waals surface area contributed by atoms with Crippen LogP contribution in [0, 0.1) is 17.6 Å². The van der Waals surface area contributed by atoms with E-state index in [4.69, 9.17) is 0 Å². The zero-order valence-corrected chi connectivity index (χ0v) is 12.4. The molecule has 108 valence electrons. The number of rotatable bonds is 1. The van der Waals surface area contributed by atoms with E-state index in [0.29, 0.717) is 23.5 Å². The van der Waals surface area contributed by atoms with E-state index >= 15 is 0 Å².